The second-order valence-electron chi connectivity index (χ2n) is 7.04. The minimum Gasteiger partial charge on any atom is -0.492 e. The number of hydrogen-bond donors (Lipinski definition) is 2. The third-order valence-electron chi connectivity index (χ3n) is 4.99. The minimum absolute atomic E-state index is 0.244. The predicted octanol–water partition coefficient (Wildman–Crippen LogP) is 3.81. The first-order valence-corrected chi connectivity index (χ1v) is 9.92. The van der Waals surface area contributed by atoms with Crippen LogP contribution in [-0.4, -0.2) is 47.3 Å². The Balaban J connectivity index is 1.43. The summed E-state index contributed by atoms with van der Waals surface area (Å²) in [5.74, 6) is 1.27. The van der Waals surface area contributed by atoms with E-state index in [1.165, 1.54) is 31.4 Å². The normalized spacial score (nSPS) is 14.0. The number of aromatic nitrogens is 2. The van der Waals surface area contributed by atoms with E-state index < -0.39 is 5.97 Å². The molecule has 150 valence electrons. The molecule has 0 amide bonds. The molecule has 2 aromatic carbocycles. The number of aromatic carboxylic acids is 1. The lowest BCUT2D eigenvalue weighted by Crippen LogP contribution is -2.31. The van der Waals surface area contributed by atoms with E-state index in [1.54, 1.807) is 12.1 Å². The number of ether oxygens (including phenoxy) is 1. The first kappa shape index (κ1) is 19.0. The quantitative estimate of drug-likeness (QED) is 0.591. The molecule has 1 fully saturated rings. The highest BCUT2D eigenvalue weighted by molar-refractivity contribution is 5.90. The molecular formula is C22H24N4O3. The van der Waals surface area contributed by atoms with E-state index in [2.05, 4.69) is 10.2 Å². The van der Waals surface area contributed by atoms with Crippen LogP contribution in [0.2, 0.25) is 0 Å². The van der Waals surface area contributed by atoms with E-state index >= 15 is 0 Å². The molecule has 7 nitrogen and oxygen atoms in total. The molecule has 4 rings (SSSR count). The van der Waals surface area contributed by atoms with E-state index in [1.807, 2.05) is 24.3 Å². The molecule has 0 saturated carbocycles. The molecule has 0 bridgehead atoms. The minimum atomic E-state index is -0.946. The number of carbonyl (C=O) groups is 1. The van der Waals surface area contributed by atoms with Gasteiger partial charge in [-0.05, 0) is 55.7 Å². The molecule has 2 heterocycles. The fourth-order valence-corrected chi connectivity index (χ4v) is 3.47. The maximum Gasteiger partial charge on any atom is 0.335 e. The lowest BCUT2D eigenvalue weighted by atomic mass is 10.1. The van der Waals surface area contributed by atoms with Gasteiger partial charge < -0.3 is 20.1 Å². The molecule has 0 atom stereocenters. The van der Waals surface area contributed by atoms with Gasteiger partial charge in [0.05, 0.1) is 17.6 Å². The highest BCUT2D eigenvalue weighted by Gasteiger charge is 2.16. The number of hydrogen-bond acceptors (Lipinski definition) is 6. The summed E-state index contributed by atoms with van der Waals surface area (Å²) in [4.78, 5) is 22.7. The van der Waals surface area contributed by atoms with Gasteiger partial charge in [-0.2, -0.15) is 4.98 Å². The monoisotopic (exact) mass is 392 g/mol. The molecule has 1 aliphatic rings. The van der Waals surface area contributed by atoms with Crippen molar-refractivity contribution in [3.05, 3.63) is 54.1 Å². The summed E-state index contributed by atoms with van der Waals surface area (Å²) in [6.07, 6.45) is 3.61. The Morgan fingerprint density at radius 3 is 2.55 bits per heavy atom. The molecule has 0 radical (unpaired) electrons. The number of nitrogens with zero attached hydrogens (tertiary/aromatic N) is 3. The van der Waals surface area contributed by atoms with Gasteiger partial charge in [-0.25, -0.2) is 9.78 Å². The van der Waals surface area contributed by atoms with Gasteiger partial charge in [0.15, 0.2) is 0 Å². The van der Waals surface area contributed by atoms with E-state index in [4.69, 9.17) is 19.8 Å². The Hall–Kier alpha value is -3.35. The zero-order chi connectivity index (χ0) is 20.1. The maximum absolute atomic E-state index is 10.9. The average Bonchev–Trinajstić information content (AvgIpc) is 2.77. The van der Waals surface area contributed by atoms with Gasteiger partial charge in [-0.3, -0.25) is 0 Å². The van der Waals surface area contributed by atoms with Crippen molar-refractivity contribution < 1.29 is 14.6 Å². The maximum atomic E-state index is 10.9. The zero-order valence-electron chi connectivity index (χ0n) is 16.2. The molecule has 1 aliphatic heterocycles. The zero-order valence-corrected chi connectivity index (χ0v) is 16.2. The van der Waals surface area contributed by atoms with Gasteiger partial charge in [0.2, 0.25) is 5.95 Å². The highest BCUT2D eigenvalue weighted by atomic mass is 16.5. The number of rotatable bonds is 7. The third-order valence-corrected chi connectivity index (χ3v) is 4.99. The van der Waals surface area contributed by atoms with Gasteiger partial charge in [-0.15, -0.1) is 0 Å². The van der Waals surface area contributed by atoms with Crippen molar-refractivity contribution in [1.82, 2.24) is 9.97 Å². The van der Waals surface area contributed by atoms with Crippen LogP contribution in [0.4, 0.5) is 11.8 Å². The molecule has 0 aliphatic carbocycles. The van der Waals surface area contributed by atoms with Crippen LogP contribution in [0.5, 0.6) is 5.75 Å². The lowest BCUT2D eigenvalue weighted by Gasteiger charge is -2.27. The van der Waals surface area contributed by atoms with Crippen LogP contribution in [0.15, 0.2) is 48.5 Å². The summed E-state index contributed by atoms with van der Waals surface area (Å²) >= 11 is 0. The van der Waals surface area contributed by atoms with Crippen molar-refractivity contribution in [3.8, 4) is 5.75 Å². The number of piperidine rings is 1. The molecule has 7 heteroatoms. The first-order chi connectivity index (χ1) is 14.2. The van der Waals surface area contributed by atoms with Crippen molar-refractivity contribution in [2.24, 2.45) is 0 Å². The lowest BCUT2D eigenvalue weighted by molar-refractivity contribution is 0.0697. The number of carboxylic acid groups (broad SMARTS) is 1. The van der Waals surface area contributed by atoms with Crippen LogP contribution in [0.1, 0.15) is 29.6 Å². The van der Waals surface area contributed by atoms with Gasteiger partial charge >= 0.3 is 5.97 Å². The van der Waals surface area contributed by atoms with Crippen LogP contribution in [0, 0.1) is 0 Å². The number of fused-ring (bicyclic) bond motifs is 1. The first-order valence-electron chi connectivity index (χ1n) is 9.92. The summed E-state index contributed by atoms with van der Waals surface area (Å²) in [6.45, 7) is 2.99. The number of anilines is 2. The van der Waals surface area contributed by atoms with E-state index in [0.717, 1.165) is 35.8 Å². The molecule has 0 spiro atoms. The predicted molar refractivity (Wildman–Crippen MR) is 113 cm³/mol. The Morgan fingerprint density at radius 1 is 1.03 bits per heavy atom. The van der Waals surface area contributed by atoms with Crippen molar-refractivity contribution in [2.75, 3.05) is 36.5 Å². The fraction of sp³-hybridized carbons (Fsp3) is 0.318. The Morgan fingerprint density at radius 2 is 1.79 bits per heavy atom. The number of para-hydroxylation sites is 1. The molecular weight excluding hydrogens is 368 g/mol. The third kappa shape index (κ3) is 4.56. The SMILES string of the molecule is O=C(O)c1ccc(OCCNc2nc(N3CCCCC3)nc3ccccc23)cc1. The van der Waals surface area contributed by atoms with Crippen LogP contribution < -0.4 is 15.0 Å². The Kier molecular flexibility index (Phi) is 5.74. The van der Waals surface area contributed by atoms with Crippen LogP contribution in [0.3, 0.4) is 0 Å². The van der Waals surface area contributed by atoms with Crippen molar-refractivity contribution in [1.29, 1.82) is 0 Å². The standard InChI is InChI=1S/C22H24N4O3/c27-21(28)16-8-10-17(11-9-16)29-15-12-23-20-18-6-2-3-7-19(18)24-22(25-20)26-13-4-1-5-14-26/h2-3,6-11H,1,4-5,12-15H2,(H,27,28)(H,23,24,25). The summed E-state index contributed by atoms with van der Waals surface area (Å²) in [6, 6.07) is 14.4. The summed E-state index contributed by atoms with van der Waals surface area (Å²) < 4.78 is 5.71. The Labute approximate surface area is 169 Å². The molecule has 0 unspecified atom stereocenters. The van der Waals surface area contributed by atoms with E-state index in [-0.39, 0.29) is 5.56 Å². The van der Waals surface area contributed by atoms with Gasteiger partial charge in [0.25, 0.3) is 0 Å². The number of carboxylic acids is 1. The second-order valence-corrected chi connectivity index (χ2v) is 7.04. The molecule has 29 heavy (non-hydrogen) atoms. The van der Waals surface area contributed by atoms with Crippen molar-refractivity contribution in [2.45, 2.75) is 19.3 Å². The fourth-order valence-electron chi connectivity index (χ4n) is 3.47. The Bertz CT molecular complexity index is 985. The summed E-state index contributed by atoms with van der Waals surface area (Å²) in [5, 5.41) is 13.3. The largest absolute Gasteiger partial charge is 0.492 e. The number of benzene rings is 2. The van der Waals surface area contributed by atoms with E-state index in [0.29, 0.717) is 18.9 Å². The van der Waals surface area contributed by atoms with E-state index in [9.17, 15) is 4.79 Å². The number of nitrogens with one attached hydrogen (secondary N) is 1. The van der Waals surface area contributed by atoms with Crippen LogP contribution >= 0.6 is 0 Å². The molecule has 3 aromatic rings. The molecule has 2 N–H and O–H groups in total. The summed E-state index contributed by atoms with van der Waals surface area (Å²) in [5.41, 5.74) is 1.17. The van der Waals surface area contributed by atoms with Gasteiger partial charge in [0, 0.05) is 18.5 Å². The van der Waals surface area contributed by atoms with Crippen LogP contribution in [0.25, 0.3) is 10.9 Å². The van der Waals surface area contributed by atoms with Gasteiger partial charge in [-0.1, -0.05) is 12.1 Å². The van der Waals surface area contributed by atoms with Crippen molar-refractivity contribution in [3.63, 3.8) is 0 Å². The van der Waals surface area contributed by atoms with Gasteiger partial charge in [0.1, 0.15) is 18.2 Å². The average molecular weight is 392 g/mol. The molecule has 1 saturated heterocycles. The highest BCUT2D eigenvalue weighted by Crippen LogP contribution is 2.25. The topological polar surface area (TPSA) is 87.6 Å². The van der Waals surface area contributed by atoms with Crippen molar-refractivity contribution >= 4 is 28.6 Å². The molecule has 1 aromatic heterocycles. The second kappa shape index (κ2) is 8.77. The van der Waals surface area contributed by atoms with Crippen LogP contribution in [-0.2, 0) is 0 Å². The summed E-state index contributed by atoms with van der Waals surface area (Å²) in [7, 11) is 0. The smallest absolute Gasteiger partial charge is 0.335 e.